The fourth-order valence-electron chi connectivity index (χ4n) is 1.84. The van der Waals surface area contributed by atoms with Crippen molar-refractivity contribution in [1.29, 1.82) is 0 Å². The van der Waals surface area contributed by atoms with Gasteiger partial charge in [-0.25, -0.2) is 0 Å². The molecule has 1 aliphatic rings. The Morgan fingerprint density at radius 2 is 2.27 bits per heavy atom. The van der Waals surface area contributed by atoms with Crippen LogP contribution in [0.4, 0.5) is 5.69 Å². The average Bonchev–Trinajstić information content (AvgIpc) is 2.59. The molecule has 1 aliphatic heterocycles. The lowest BCUT2D eigenvalue weighted by atomic mass is 10.2. The van der Waals surface area contributed by atoms with Gasteiger partial charge in [0.25, 0.3) is 0 Å². The highest BCUT2D eigenvalue weighted by Gasteiger charge is 2.27. The minimum atomic E-state index is -0.358. The van der Waals surface area contributed by atoms with E-state index in [9.17, 15) is 10.1 Å². The van der Waals surface area contributed by atoms with Crippen LogP contribution in [0.2, 0.25) is 0 Å². The van der Waals surface area contributed by atoms with Crippen molar-refractivity contribution in [2.24, 2.45) is 0 Å². The first kappa shape index (κ1) is 10.1. The van der Waals surface area contributed by atoms with E-state index in [1.165, 1.54) is 6.20 Å². The molecule has 0 N–H and O–H groups in total. The van der Waals surface area contributed by atoms with Gasteiger partial charge in [0.2, 0.25) is 0 Å². The van der Waals surface area contributed by atoms with E-state index in [0.717, 1.165) is 18.8 Å². The van der Waals surface area contributed by atoms with Gasteiger partial charge in [0.15, 0.2) is 0 Å². The van der Waals surface area contributed by atoms with E-state index < -0.39 is 0 Å². The van der Waals surface area contributed by atoms with Crippen LogP contribution in [0.15, 0.2) is 6.20 Å². The van der Waals surface area contributed by atoms with Crippen LogP contribution in [-0.4, -0.2) is 32.2 Å². The van der Waals surface area contributed by atoms with Gasteiger partial charge < -0.3 is 0 Å². The van der Waals surface area contributed by atoms with Gasteiger partial charge in [-0.1, -0.05) is 0 Å². The molecule has 2 heterocycles. The highest BCUT2D eigenvalue weighted by atomic mass is 16.6. The van der Waals surface area contributed by atoms with Crippen LogP contribution in [0.3, 0.4) is 0 Å². The van der Waals surface area contributed by atoms with Crippen LogP contribution in [0.25, 0.3) is 0 Å². The molecule has 6 nitrogen and oxygen atoms in total. The first-order valence-electron chi connectivity index (χ1n) is 5.02. The van der Waals surface area contributed by atoms with Crippen molar-refractivity contribution < 1.29 is 4.92 Å². The lowest BCUT2D eigenvalue weighted by Gasteiger charge is -2.30. The summed E-state index contributed by atoms with van der Waals surface area (Å²) in [6, 6.07) is 0.410. The van der Waals surface area contributed by atoms with Crippen LogP contribution >= 0.6 is 0 Å². The van der Waals surface area contributed by atoms with Gasteiger partial charge in [-0.3, -0.25) is 19.7 Å². The Hall–Kier alpha value is -1.43. The molecule has 0 saturated carbocycles. The molecule has 0 fully saturated rings. The summed E-state index contributed by atoms with van der Waals surface area (Å²) in [7, 11) is 0. The Kier molecular flexibility index (Phi) is 2.44. The smallest absolute Gasteiger partial charge is 0.293 e. The molecule has 0 unspecified atom stereocenters. The van der Waals surface area contributed by atoms with E-state index in [2.05, 4.69) is 23.8 Å². The Labute approximate surface area is 87.6 Å². The maximum atomic E-state index is 10.7. The van der Waals surface area contributed by atoms with Gasteiger partial charge in [-0.2, -0.15) is 5.10 Å². The highest BCUT2D eigenvalue weighted by Crippen LogP contribution is 2.23. The topological polar surface area (TPSA) is 64.2 Å². The molecule has 0 aliphatic carbocycles. The summed E-state index contributed by atoms with van der Waals surface area (Å²) in [5.74, 6) is 0. The summed E-state index contributed by atoms with van der Waals surface area (Å²) in [6.07, 6.45) is 1.35. The van der Waals surface area contributed by atoms with Crippen molar-refractivity contribution in [2.75, 3.05) is 6.54 Å². The third-order valence-electron chi connectivity index (χ3n) is 2.81. The van der Waals surface area contributed by atoms with Crippen LogP contribution in [-0.2, 0) is 13.1 Å². The van der Waals surface area contributed by atoms with Crippen molar-refractivity contribution in [3.8, 4) is 0 Å². The molecule has 2 rings (SSSR count). The first-order valence-corrected chi connectivity index (χ1v) is 5.02. The second-order valence-electron chi connectivity index (χ2n) is 4.02. The molecule has 0 spiro atoms. The van der Waals surface area contributed by atoms with Crippen molar-refractivity contribution in [1.82, 2.24) is 14.7 Å². The van der Waals surface area contributed by atoms with E-state index in [4.69, 9.17) is 0 Å². The number of fused-ring (bicyclic) bond motifs is 1. The second kappa shape index (κ2) is 3.62. The Bertz CT molecular complexity index is 385. The molecule has 82 valence electrons. The molecular weight excluding hydrogens is 196 g/mol. The lowest BCUT2D eigenvalue weighted by Crippen LogP contribution is -2.38. The standard InChI is InChI=1S/C9H14N4O2/c1-7(2)11-3-4-12-9(6-11)8(5-10-12)13(14)15/h5,7H,3-4,6H2,1-2H3. The number of hydrogen-bond donors (Lipinski definition) is 0. The summed E-state index contributed by atoms with van der Waals surface area (Å²) in [5, 5.41) is 14.8. The zero-order valence-corrected chi connectivity index (χ0v) is 8.88. The maximum Gasteiger partial charge on any atom is 0.311 e. The third-order valence-corrected chi connectivity index (χ3v) is 2.81. The Balaban J connectivity index is 2.30. The number of rotatable bonds is 2. The monoisotopic (exact) mass is 210 g/mol. The van der Waals surface area contributed by atoms with Gasteiger partial charge in [0.05, 0.1) is 11.5 Å². The highest BCUT2D eigenvalue weighted by molar-refractivity contribution is 5.33. The fraction of sp³-hybridized carbons (Fsp3) is 0.667. The molecule has 0 saturated heterocycles. The normalized spacial score (nSPS) is 16.7. The molecule has 0 radical (unpaired) electrons. The van der Waals surface area contributed by atoms with Gasteiger partial charge in [0.1, 0.15) is 11.9 Å². The maximum absolute atomic E-state index is 10.7. The van der Waals surface area contributed by atoms with E-state index in [1.54, 1.807) is 4.68 Å². The molecule has 0 amide bonds. The summed E-state index contributed by atoms with van der Waals surface area (Å²) in [5.41, 5.74) is 0.861. The van der Waals surface area contributed by atoms with Crippen LogP contribution in [0.1, 0.15) is 19.5 Å². The van der Waals surface area contributed by atoms with E-state index in [0.29, 0.717) is 12.6 Å². The second-order valence-corrected chi connectivity index (χ2v) is 4.02. The molecule has 0 aromatic carbocycles. The predicted molar refractivity (Wildman–Crippen MR) is 54.4 cm³/mol. The minimum absolute atomic E-state index is 0.139. The number of nitro groups is 1. The zero-order chi connectivity index (χ0) is 11.0. The van der Waals surface area contributed by atoms with Gasteiger partial charge >= 0.3 is 5.69 Å². The van der Waals surface area contributed by atoms with Crippen LogP contribution in [0.5, 0.6) is 0 Å². The number of aromatic nitrogens is 2. The first-order chi connectivity index (χ1) is 7.09. The van der Waals surface area contributed by atoms with Gasteiger partial charge in [-0.15, -0.1) is 0 Å². The zero-order valence-electron chi connectivity index (χ0n) is 8.88. The number of nitrogens with zero attached hydrogens (tertiary/aromatic N) is 4. The molecule has 0 bridgehead atoms. The van der Waals surface area contributed by atoms with E-state index in [1.807, 2.05) is 0 Å². The Morgan fingerprint density at radius 3 is 2.87 bits per heavy atom. The molecular formula is C9H14N4O2. The van der Waals surface area contributed by atoms with E-state index in [-0.39, 0.29) is 10.6 Å². The number of hydrogen-bond acceptors (Lipinski definition) is 4. The average molecular weight is 210 g/mol. The molecule has 1 aromatic rings. The van der Waals surface area contributed by atoms with Gasteiger partial charge in [0, 0.05) is 19.1 Å². The van der Waals surface area contributed by atoms with Crippen molar-refractivity contribution in [2.45, 2.75) is 33.0 Å². The third kappa shape index (κ3) is 1.72. The summed E-state index contributed by atoms with van der Waals surface area (Å²) in [6.45, 7) is 6.45. The predicted octanol–water partition coefficient (Wildman–Crippen LogP) is 1.02. The minimum Gasteiger partial charge on any atom is -0.293 e. The molecule has 1 aromatic heterocycles. The Morgan fingerprint density at radius 1 is 1.53 bits per heavy atom. The van der Waals surface area contributed by atoms with Crippen LogP contribution in [0, 0.1) is 10.1 Å². The van der Waals surface area contributed by atoms with E-state index >= 15 is 0 Å². The lowest BCUT2D eigenvalue weighted by molar-refractivity contribution is -0.386. The van der Waals surface area contributed by atoms with Crippen molar-refractivity contribution in [3.63, 3.8) is 0 Å². The van der Waals surface area contributed by atoms with Crippen LogP contribution < -0.4 is 0 Å². The summed E-state index contributed by atoms with van der Waals surface area (Å²) < 4.78 is 1.73. The van der Waals surface area contributed by atoms with Crippen molar-refractivity contribution >= 4 is 5.69 Å². The SMILES string of the molecule is CC(C)N1CCn2ncc([N+](=O)[O-])c2C1. The molecule has 6 heteroatoms. The fourth-order valence-corrected chi connectivity index (χ4v) is 1.84. The largest absolute Gasteiger partial charge is 0.311 e. The summed E-state index contributed by atoms with van der Waals surface area (Å²) >= 11 is 0. The molecule has 15 heavy (non-hydrogen) atoms. The molecule has 0 atom stereocenters. The van der Waals surface area contributed by atoms with Crippen molar-refractivity contribution in [3.05, 3.63) is 22.0 Å². The quantitative estimate of drug-likeness (QED) is 0.540. The summed E-state index contributed by atoms with van der Waals surface area (Å²) in [4.78, 5) is 12.6. The van der Waals surface area contributed by atoms with Gasteiger partial charge in [-0.05, 0) is 13.8 Å².